The van der Waals surface area contributed by atoms with Crippen LogP contribution < -0.4 is 5.32 Å². The molecule has 102 valence electrons. The highest BCUT2D eigenvalue weighted by molar-refractivity contribution is 7.09. The summed E-state index contributed by atoms with van der Waals surface area (Å²) in [5.41, 5.74) is 0.809. The second kappa shape index (κ2) is 6.12. The molecule has 0 saturated carbocycles. The number of carboxylic acids is 1. The van der Waals surface area contributed by atoms with Gasteiger partial charge in [0.2, 0.25) is 0 Å². The Balaban J connectivity index is 1.96. The number of aromatic nitrogens is 1. The number of hydrogen-bond acceptors (Lipinski definition) is 5. The zero-order chi connectivity index (χ0) is 14.5. The normalized spacial score (nSPS) is 10.0. The van der Waals surface area contributed by atoms with Crippen LogP contribution in [0, 0.1) is 17.1 Å². The summed E-state index contributed by atoms with van der Waals surface area (Å²) in [6.45, 7) is 0.479. The standard InChI is InChI=1S/C13H10FN3O2S/c14-9-1-2-10(8(5-9)6-15)16-4-3-12-17-11(7-20-12)13(18)19/h1-2,5,7,16H,3-4H2,(H,18,19). The molecular formula is C13H10FN3O2S. The quantitative estimate of drug-likeness (QED) is 0.884. The van der Waals surface area contributed by atoms with Gasteiger partial charge in [0, 0.05) is 18.3 Å². The van der Waals surface area contributed by atoms with Crippen LogP contribution in [0.3, 0.4) is 0 Å². The summed E-state index contributed by atoms with van der Waals surface area (Å²) in [7, 11) is 0. The predicted molar refractivity (Wildman–Crippen MR) is 72.4 cm³/mol. The van der Waals surface area contributed by atoms with E-state index in [4.69, 9.17) is 10.4 Å². The van der Waals surface area contributed by atoms with Crippen LogP contribution in [0.5, 0.6) is 0 Å². The first-order chi connectivity index (χ1) is 9.60. The summed E-state index contributed by atoms with van der Waals surface area (Å²) < 4.78 is 13.0. The van der Waals surface area contributed by atoms with Crippen molar-refractivity contribution < 1.29 is 14.3 Å². The highest BCUT2D eigenvalue weighted by Gasteiger charge is 2.08. The monoisotopic (exact) mass is 291 g/mol. The molecule has 2 rings (SSSR count). The van der Waals surface area contributed by atoms with Gasteiger partial charge in [0.15, 0.2) is 5.69 Å². The average Bonchev–Trinajstić information content (AvgIpc) is 2.89. The molecule has 7 heteroatoms. The minimum absolute atomic E-state index is 0.0319. The molecule has 1 aromatic heterocycles. The van der Waals surface area contributed by atoms with Crippen LogP contribution in [0.15, 0.2) is 23.6 Å². The van der Waals surface area contributed by atoms with Crippen LogP contribution in [-0.2, 0) is 6.42 Å². The van der Waals surface area contributed by atoms with E-state index in [0.29, 0.717) is 23.7 Å². The predicted octanol–water partition coefficient (Wildman–Crippen LogP) is 2.51. The number of hydrogen-bond donors (Lipinski definition) is 2. The van der Waals surface area contributed by atoms with Gasteiger partial charge in [-0.05, 0) is 18.2 Å². The van der Waals surface area contributed by atoms with Gasteiger partial charge in [0.05, 0.1) is 16.3 Å². The second-order valence-corrected chi connectivity index (χ2v) is 4.85. The van der Waals surface area contributed by atoms with Crippen molar-refractivity contribution in [2.45, 2.75) is 6.42 Å². The largest absolute Gasteiger partial charge is 0.476 e. The summed E-state index contributed by atoms with van der Waals surface area (Å²) in [5.74, 6) is -1.51. The molecule has 20 heavy (non-hydrogen) atoms. The van der Waals surface area contributed by atoms with Gasteiger partial charge in [-0.15, -0.1) is 11.3 Å². The van der Waals surface area contributed by atoms with Crippen molar-refractivity contribution in [3.05, 3.63) is 45.7 Å². The Kier molecular flexibility index (Phi) is 4.27. The topological polar surface area (TPSA) is 86.0 Å². The van der Waals surface area contributed by atoms with E-state index in [1.54, 1.807) is 0 Å². The number of halogens is 1. The van der Waals surface area contributed by atoms with E-state index in [-0.39, 0.29) is 11.3 Å². The lowest BCUT2D eigenvalue weighted by atomic mass is 10.2. The number of nitriles is 1. The van der Waals surface area contributed by atoms with Crippen molar-refractivity contribution in [2.75, 3.05) is 11.9 Å². The minimum Gasteiger partial charge on any atom is -0.476 e. The van der Waals surface area contributed by atoms with Gasteiger partial charge in [-0.25, -0.2) is 14.2 Å². The Morgan fingerprint density at radius 3 is 3.00 bits per heavy atom. The Hall–Kier alpha value is -2.46. The third-order valence-electron chi connectivity index (χ3n) is 2.53. The Labute approximate surface area is 118 Å². The molecule has 1 aromatic carbocycles. The van der Waals surface area contributed by atoms with Crippen LogP contribution in [0.2, 0.25) is 0 Å². The third-order valence-corrected chi connectivity index (χ3v) is 3.44. The highest BCUT2D eigenvalue weighted by Crippen LogP contribution is 2.16. The van der Waals surface area contributed by atoms with Gasteiger partial charge in [0.25, 0.3) is 0 Å². The van der Waals surface area contributed by atoms with Crippen molar-refractivity contribution in [3.63, 3.8) is 0 Å². The van der Waals surface area contributed by atoms with Crippen LogP contribution in [-0.4, -0.2) is 22.6 Å². The summed E-state index contributed by atoms with van der Waals surface area (Å²) in [6.07, 6.45) is 0.528. The van der Waals surface area contributed by atoms with E-state index in [1.165, 1.54) is 28.8 Å². The van der Waals surface area contributed by atoms with Gasteiger partial charge in [-0.2, -0.15) is 5.26 Å². The second-order valence-electron chi connectivity index (χ2n) is 3.91. The first kappa shape index (κ1) is 14.0. The van der Waals surface area contributed by atoms with Crippen molar-refractivity contribution in [1.82, 2.24) is 4.98 Å². The molecule has 0 aliphatic heterocycles. The molecule has 0 amide bonds. The van der Waals surface area contributed by atoms with E-state index < -0.39 is 11.8 Å². The number of benzene rings is 1. The zero-order valence-corrected chi connectivity index (χ0v) is 11.1. The molecule has 0 saturated heterocycles. The highest BCUT2D eigenvalue weighted by atomic mass is 32.1. The van der Waals surface area contributed by atoms with Crippen LogP contribution >= 0.6 is 11.3 Å². The zero-order valence-electron chi connectivity index (χ0n) is 10.3. The number of anilines is 1. The molecule has 1 heterocycles. The van der Waals surface area contributed by atoms with Gasteiger partial charge >= 0.3 is 5.97 Å². The SMILES string of the molecule is N#Cc1cc(F)ccc1NCCc1nc(C(=O)O)cs1. The molecule has 0 unspecified atom stereocenters. The fraction of sp³-hybridized carbons (Fsp3) is 0.154. The maximum atomic E-state index is 13.0. The first-order valence-electron chi connectivity index (χ1n) is 5.71. The summed E-state index contributed by atoms with van der Waals surface area (Å²) in [4.78, 5) is 14.6. The number of aromatic carboxylic acids is 1. The average molecular weight is 291 g/mol. The fourth-order valence-corrected chi connectivity index (χ4v) is 2.36. The maximum Gasteiger partial charge on any atom is 0.355 e. The van der Waals surface area contributed by atoms with Gasteiger partial charge < -0.3 is 10.4 Å². The molecule has 5 nitrogen and oxygen atoms in total. The van der Waals surface area contributed by atoms with Crippen molar-refractivity contribution in [3.8, 4) is 6.07 Å². The van der Waals surface area contributed by atoms with E-state index in [1.807, 2.05) is 6.07 Å². The van der Waals surface area contributed by atoms with Crippen molar-refractivity contribution in [1.29, 1.82) is 5.26 Å². The fourth-order valence-electron chi connectivity index (χ4n) is 1.59. The molecule has 0 spiro atoms. The summed E-state index contributed by atoms with van der Waals surface area (Å²) in [6, 6.07) is 5.84. The van der Waals surface area contributed by atoms with Gasteiger partial charge in [-0.1, -0.05) is 0 Å². The molecule has 2 aromatic rings. The third kappa shape index (κ3) is 3.30. The first-order valence-corrected chi connectivity index (χ1v) is 6.59. The summed E-state index contributed by atoms with van der Waals surface area (Å²) in [5, 5.41) is 22.8. The molecule has 2 N–H and O–H groups in total. The Morgan fingerprint density at radius 1 is 1.55 bits per heavy atom. The molecule has 0 fully saturated rings. The van der Waals surface area contributed by atoms with E-state index in [2.05, 4.69) is 10.3 Å². The molecule has 0 bridgehead atoms. The smallest absolute Gasteiger partial charge is 0.355 e. The number of rotatable bonds is 5. The van der Waals surface area contributed by atoms with Gasteiger partial charge in [0.1, 0.15) is 11.9 Å². The lowest BCUT2D eigenvalue weighted by molar-refractivity contribution is 0.0691. The van der Waals surface area contributed by atoms with Crippen molar-refractivity contribution in [2.24, 2.45) is 0 Å². The number of carboxylic acid groups (broad SMARTS) is 1. The van der Waals surface area contributed by atoms with Gasteiger partial charge in [-0.3, -0.25) is 0 Å². The summed E-state index contributed by atoms with van der Waals surface area (Å²) >= 11 is 1.27. The van der Waals surface area contributed by atoms with E-state index >= 15 is 0 Å². The molecular weight excluding hydrogens is 281 g/mol. The lowest BCUT2D eigenvalue weighted by Gasteiger charge is -2.06. The maximum absolute atomic E-state index is 13.0. The van der Waals surface area contributed by atoms with E-state index in [0.717, 1.165) is 6.07 Å². The number of carbonyl (C=O) groups is 1. The van der Waals surface area contributed by atoms with Crippen molar-refractivity contribution >= 4 is 23.0 Å². The molecule has 0 atom stereocenters. The number of nitrogens with zero attached hydrogens (tertiary/aromatic N) is 2. The Morgan fingerprint density at radius 2 is 2.35 bits per heavy atom. The molecule has 0 aliphatic rings. The Bertz CT molecular complexity index is 678. The van der Waals surface area contributed by atoms with E-state index in [9.17, 15) is 9.18 Å². The number of thiazole rings is 1. The number of nitrogens with one attached hydrogen (secondary N) is 1. The minimum atomic E-state index is -1.05. The van der Waals surface area contributed by atoms with Crippen LogP contribution in [0.1, 0.15) is 21.1 Å². The van der Waals surface area contributed by atoms with Crippen LogP contribution in [0.4, 0.5) is 10.1 Å². The molecule has 0 radical (unpaired) electrons. The lowest BCUT2D eigenvalue weighted by Crippen LogP contribution is -2.06. The van der Waals surface area contributed by atoms with Crippen LogP contribution in [0.25, 0.3) is 0 Å². The molecule has 0 aliphatic carbocycles.